The molecule has 90 valence electrons. The van der Waals surface area contributed by atoms with Crippen molar-refractivity contribution in [1.29, 1.82) is 5.26 Å². The van der Waals surface area contributed by atoms with Gasteiger partial charge in [-0.2, -0.15) is 5.26 Å². The average Bonchev–Trinajstić information content (AvgIpc) is 2.76. The van der Waals surface area contributed by atoms with Crippen LogP contribution in [0.2, 0.25) is 0 Å². The van der Waals surface area contributed by atoms with Crippen LogP contribution in [0.25, 0.3) is 0 Å². The number of amides is 1. The molecule has 1 aliphatic carbocycles. The summed E-state index contributed by atoms with van der Waals surface area (Å²) >= 11 is 0. The maximum absolute atomic E-state index is 12.2. The standard InChI is InChI=1S/C13H16N2O2/c1-10-6-13(7-10,9-14)12(16)15(2)8-11-4-3-5-17-11/h3-5,10H,6-8H2,1-2H3. The third kappa shape index (κ3) is 2.05. The molecule has 0 bridgehead atoms. The molecule has 0 unspecified atom stereocenters. The Morgan fingerprint density at radius 2 is 2.41 bits per heavy atom. The van der Waals surface area contributed by atoms with Crippen LogP contribution in [0.4, 0.5) is 0 Å². The van der Waals surface area contributed by atoms with E-state index < -0.39 is 5.41 Å². The molecule has 0 aliphatic heterocycles. The summed E-state index contributed by atoms with van der Waals surface area (Å²) in [7, 11) is 1.72. The first kappa shape index (κ1) is 11.7. The van der Waals surface area contributed by atoms with Crippen LogP contribution >= 0.6 is 0 Å². The van der Waals surface area contributed by atoms with Gasteiger partial charge >= 0.3 is 0 Å². The molecule has 0 saturated heterocycles. The van der Waals surface area contributed by atoms with Crippen LogP contribution in [0.5, 0.6) is 0 Å². The van der Waals surface area contributed by atoms with Crippen LogP contribution in [0.15, 0.2) is 22.8 Å². The van der Waals surface area contributed by atoms with E-state index in [9.17, 15) is 10.1 Å². The number of hydrogen-bond donors (Lipinski definition) is 0. The first-order chi connectivity index (χ1) is 8.07. The maximum Gasteiger partial charge on any atom is 0.243 e. The lowest BCUT2D eigenvalue weighted by atomic mass is 9.63. The Morgan fingerprint density at radius 3 is 2.88 bits per heavy atom. The van der Waals surface area contributed by atoms with Gasteiger partial charge in [0, 0.05) is 7.05 Å². The lowest BCUT2D eigenvalue weighted by molar-refractivity contribution is -0.144. The average molecular weight is 232 g/mol. The molecule has 1 amide bonds. The molecule has 1 saturated carbocycles. The zero-order valence-electron chi connectivity index (χ0n) is 10.1. The summed E-state index contributed by atoms with van der Waals surface area (Å²) in [6.07, 6.45) is 2.93. The molecular formula is C13H16N2O2. The monoisotopic (exact) mass is 232 g/mol. The molecule has 2 rings (SSSR count). The molecule has 17 heavy (non-hydrogen) atoms. The van der Waals surface area contributed by atoms with E-state index in [1.54, 1.807) is 24.3 Å². The fourth-order valence-electron chi connectivity index (χ4n) is 2.52. The molecular weight excluding hydrogens is 216 g/mol. The second kappa shape index (κ2) is 4.25. The van der Waals surface area contributed by atoms with Crippen molar-refractivity contribution >= 4 is 5.91 Å². The zero-order chi connectivity index (χ0) is 12.5. The van der Waals surface area contributed by atoms with E-state index >= 15 is 0 Å². The third-order valence-electron chi connectivity index (χ3n) is 3.34. The van der Waals surface area contributed by atoms with Crippen molar-refractivity contribution in [2.45, 2.75) is 26.3 Å². The first-order valence-corrected chi connectivity index (χ1v) is 5.76. The SMILES string of the molecule is CC1CC(C#N)(C(=O)N(C)Cc2ccco2)C1. The normalized spacial score (nSPS) is 27.0. The van der Waals surface area contributed by atoms with E-state index in [-0.39, 0.29) is 5.91 Å². The van der Waals surface area contributed by atoms with Crippen molar-refractivity contribution in [2.75, 3.05) is 7.05 Å². The largest absolute Gasteiger partial charge is 0.467 e. The second-order valence-corrected chi connectivity index (χ2v) is 4.95. The third-order valence-corrected chi connectivity index (χ3v) is 3.34. The molecule has 0 aromatic carbocycles. The molecule has 4 nitrogen and oxygen atoms in total. The highest BCUT2D eigenvalue weighted by Crippen LogP contribution is 2.46. The lowest BCUT2D eigenvalue weighted by Crippen LogP contribution is -2.48. The maximum atomic E-state index is 12.2. The molecule has 1 fully saturated rings. The van der Waals surface area contributed by atoms with E-state index in [0.717, 1.165) is 5.76 Å². The van der Waals surface area contributed by atoms with Crippen LogP contribution in [0.3, 0.4) is 0 Å². The van der Waals surface area contributed by atoms with Crippen LogP contribution < -0.4 is 0 Å². The van der Waals surface area contributed by atoms with E-state index in [1.165, 1.54) is 0 Å². The van der Waals surface area contributed by atoms with Crippen molar-refractivity contribution in [2.24, 2.45) is 11.3 Å². The number of nitriles is 1. The summed E-state index contributed by atoms with van der Waals surface area (Å²) in [5, 5.41) is 9.18. The van der Waals surface area contributed by atoms with Gasteiger partial charge in [0.1, 0.15) is 11.2 Å². The van der Waals surface area contributed by atoms with E-state index in [2.05, 4.69) is 13.0 Å². The Bertz CT molecular complexity index is 438. The number of carbonyl (C=O) groups is 1. The smallest absolute Gasteiger partial charge is 0.243 e. The summed E-state index contributed by atoms with van der Waals surface area (Å²) in [6, 6.07) is 5.80. The van der Waals surface area contributed by atoms with Gasteiger partial charge in [0.25, 0.3) is 0 Å². The van der Waals surface area contributed by atoms with Crippen LogP contribution in [0, 0.1) is 22.7 Å². The van der Waals surface area contributed by atoms with Crippen LogP contribution in [-0.4, -0.2) is 17.9 Å². The topological polar surface area (TPSA) is 57.2 Å². The van der Waals surface area contributed by atoms with Crippen molar-refractivity contribution in [1.82, 2.24) is 4.90 Å². The zero-order valence-corrected chi connectivity index (χ0v) is 10.1. The minimum atomic E-state index is -0.791. The van der Waals surface area contributed by atoms with Gasteiger partial charge in [-0.3, -0.25) is 4.79 Å². The lowest BCUT2D eigenvalue weighted by Gasteiger charge is -2.41. The van der Waals surface area contributed by atoms with Crippen molar-refractivity contribution in [3.05, 3.63) is 24.2 Å². The molecule has 1 aliphatic rings. The van der Waals surface area contributed by atoms with Gasteiger partial charge in [-0.1, -0.05) is 6.92 Å². The van der Waals surface area contributed by atoms with Gasteiger partial charge in [0.05, 0.1) is 18.9 Å². The van der Waals surface area contributed by atoms with Gasteiger partial charge in [0.15, 0.2) is 0 Å². The summed E-state index contributed by atoms with van der Waals surface area (Å²) in [5.41, 5.74) is -0.791. The minimum Gasteiger partial charge on any atom is -0.467 e. The molecule has 0 atom stereocenters. The second-order valence-electron chi connectivity index (χ2n) is 4.95. The van der Waals surface area contributed by atoms with Crippen LogP contribution in [0.1, 0.15) is 25.5 Å². The van der Waals surface area contributed by atoms with E-state index in [4.69, 9.17) is 4.42 Å². The predicted molar refractivity (Wildman–Crippen MR) is 61.6 cm³/mol. The Labute approximate surface area is 101 Å². The van der Waals surface area contributed by atoms with Gasteiger partial charge in [-0.05, 0) is 30.9 Å². The van der Waals surface area contributed by atoms with Crippen LogP contribution in [-0.2, 0) is 11.3 Å². The molecule has 1 aromatic heterocycles. The predicted octanol–water partition coefficient (Wildman–Crippen LogP) is 2.18. The summed E-state index contributed by atoms with van der Waals surface area (Å²) in [6.45, 7) is 2.49. The van der Waals surface area contributed by atoms with E-state index in [1.807, 2.05) is 6.07 Å². The highest BCUT2D eigenvalue weighted by molar-refractivity contribution is 5.86. The molecule has 4 heteroatoms. The molecule has 0 spiro atoms. The quantitative estimate of drug-likeness (QED) is 0.802. The molecule has 0 N–H and O–H groups in total. The first-order valence-electron chi connectivity index (χ1n) is 5.76. The van der Waals surface area contributed by atoms with E-state index in [0.29, 0.717) is 25.3 Å². The Balaban J connectivity index is 2.02. The fraction of sp³-hybridized carbons (Fsp3) is 0.538. The highest BCUT2D eigenvalue weighted by atomic mass is 16.3. The van der Waals surface area contributed by atoms with Crippen molar-refractivity contribution in [3.63, 3.8) is 0 Å². The van der Waals surface area contributed by atoms with Gasteiger partial charge < -0.3 is 9.32 Å². The number of carbonyl (C=O) groups excluding carboxylic acids is 1. The number of nitrogens with zero attached hydrogens (tertiary/aromatic N) is 2. The van der Waals surface area contributed by atoms with Gasteiger partial charge in [-0.25, -0.2) is 0 Å². The van der Waals surface area contributed by atoms with Gasteiger partial charge in [0.2, 0.25) is 5.91 Å². The fourth-order valence-corrected chi connectivity index (χ4v) is 2.52. The summed E-state index contributed by atoms with van der Waals surface area (Å²) in [5.74, 6) is 1.12. The molecule has 1 aromatic rings. The summed E-state index contributed by atoms with van der Waals surface area (Å²) < 4.78 is 5.20. The molecule has 0 radical (unpaired) electrons. The Hall–Kier alpha value is -1.76. The number of hydrogen-bond acceptors (Lipinski definition) is 3. The Kier molecular flexibility index (Phi) is 2.93. The van der Waals surface area contributed by atoms with Crippen molar-refractivity contribution < 1.29 is 9.21 Å². The summed E-state index contributed by atoms with van der Waals surface area (Å²) in [4.78, 5) is 13.8. The number of rotatable bonds is 3. The van der Waals surface area contributed by atoms with Gasteiger partial charge in [-0.15, -0.1) is 0 Å². The minimum absolute atomic E-state index is 0.0884. The highest BCUT2D eigenvalue weighted by Gasteiger charge is 2.50. The molecule has 1 heterocycles. The Morgan fingerprint density at radius 1 is 1.71 bits per heavy atom. The number of furan rings is 1. The van der Waals surface area contributed by atoms with Crippen molar-refractivity contribution in [3.8, 4) is 6.07 Å².